The molecule has 122 valence electrons. The summed E-state index contributed by atoms with van der Waals surface area (Å²) in [5.74, 6) is -1.17. The van der Waals surface area contributed by atoms with Crippen molar-refractivity contribution in [1.82, 2.24) is 15.2 Å². The second-order valence-corrected chi connectivity index (χ2v) is 4.88. The maximum Gasteiger partial charge on any atom is 0.417 e. The van der Waals surface area contributed by atoms with Crippen LogP contribution in [0.1, 0.15) is 19.4 Å². The van der Waals surface area contributed by atoms with E-state index in [9.17, 15) is 27.6 Å². The maximum absolute atomic E-state index is 12.5. The van der Waals surface area contributed by atoms with Gasteiger partial charge in [-0.1, -0.05) is 0 Å². The average molecular weight is 319 g/mol. The summed E-state index contributed by atoms with van der Waals surface area (Å²) in [6.07, 6.45) is -4.04. The summed E-state index contributed by atoms with van der Waals surface area (Å²) in [5.41, 5.74) is -1.77. The molecule has 0 aromatic carbocycles. The molecule has 0 fully saturated rings. The van der Waals surface area contributed by atoms with Crippen LogP contribution in [0, 0.1) is 0 Å². The Morgan fingerprint density at radius 1 is 1.23 bits per heavy atom. The zero-order chi connectivity index (χ0) is 16.9. The summed E-state index contributed by atoms with van der Waals surface area (Å²) in [4.78, 5) is 34.4. The minimum absolute atomic E-state index is 0.101. The molecule has 1 aromatic rings. The Hall–Kier alpha value is -2.32. The molecule has 1 heterocycles. The van der Waals surface area contributed by atoms with Crippen molar-refractivity contribution in [2.75, 3.05) is 6.54 Å². The van der Waals surface area contributed by atoms with E-state index in [4.69, 9.17) is 0 Å². The van der Waals surface area contributed by atoms with Gasteiger partial charge in [0.15, 0.2) is 0 Å². The molecule has 1 rings (SSSR count). The van der Waals surface area contributed by atoms with Gasteiger partial charge in [-0.05, 0) is 19.9 Å². The van der Waals surface area contributed by atoms with Crippen LogP contribution in [-0.4, -0.2) is 29.0 Å². The smallest absolute Gasteiger partial charge is 0.352 e. The summed E-state index contributed by atoms with van der Waals surface area (Å²) in [7, 11) is 0. The van der Waals surface area contributed by atoms with E-state index in [1.807, 2.05) is 0 Å². The average Bonchev–Trinajstić information content (AvgIpc) is 2.37. The van der Waals surface area contributed by atoms with Crippen LogP contribution in [0.25, 0.3) is 0 Å². The molecule has 6 nitrogen and oxygen atoms in total. The predicted octanol–water partition coefficient (Wildman–Crippen LogP) is 0.508. The van der Waals surface area contributed by atoms with Crippen LogP contribution in [0.4, 0.5) is 13.2 Å². The second kappa shape index (κ2) is 7.10. The summed E-state index contributed by atoms with van der Waals surface area (Å²) in [5, 5.41) is 4.76. The van der Waals surface area contributed by atoms with Crippen LogP contribution in [0.2, 0.25) is 0 Å². The van der Waals surface area contributed by atoms with Gasteiger partial charge in [0.1, 0.15) is 6.54 Å². The summed E-state index contributed by atoms with van der Waals surface area (Å²) >= 11 is 0. The molecule has 1 aromatic heterocycles. The molecule has 0 aliphatic rings. The van der Waals surface area contributed by atoms with E-state index >= 15 is 0 Å². The normalized spacial score (nSPS) is 11.4. The van der Waals surface area contributed by atoms with Crippen molar-refractivity contribution < 1.29 is 22.8 Å². The topological polar surface area (TPSA) is 80.2 Å². The maximum atomic E-state index is 12.5. The lowest BCUT2D eigenvalue weighted by molar-refractivity contribution is -0.138. The van der Waals surface area contributed by atoms with Crippen molar-refractivity contribution in [2.24, 2.45) is 0 Å². The number of hydrogen-bond donors (Lipinski definition) is 2. The van der Waals surface area contributed by atoms with Crippen molar-refractivity contribution >= 4 is 11.8 Å². The lowest BCUT2D eigenvalue weighted by Gasteiger charge is -2.11. The number of aromatic nitrogens is 1. The minimum atomic E-state index is -4.61. The largest absolute Gasteiger partial charge is 0.417 e. The highest BCUT2D eigenvalue weighted by molar-refractivity contribution is 5.84. The third-order valence-electron chi connectivity index (χ3n) is 2.52. The second-order valence-electron chi connectivity index (χ2n) is 4.88. The van der Waals surface area contributed by atoms with Crippen LogP contribution in [0.3, 0.4) is 0 Å². The zero-order valence-electron chi connectivity index (χ0n) is 12.0. The van der Waals surface area contributed by atoms with Crippen LogP contribution >= 0.6 is 0 Å². The van der Waals surface area contributed by atoms with E-state index in [2.05, 4.69) is 10.6 Å². The molecule has 9 heteroatoms. The molecule has 0 saturated heterocycles. The third-order valence-corrected chi connectivity index (χ3v) is 2.52. The Morgan fingerprint density at radius 3 is 2.41 bits per heavy atom. The minimum Gasteiger partial charge on any atom is -0.352 e. The Balaban J connectivity index is 2.68. The van der Waals surface area contributed by atoms with Gasteiger partial charge in [0.05, 0.1) is 12.1 Å². The van der Waals surface area contributed by atoms with Crippen LogP contribution < -0.4 is 16.2 Å². The zero-order valence-corrected chi connectivity index (χ0v) is 12.0. The number of amides is 2. The highest BCUT2D eigenvalue weighted by Gasteiger charge is 2.31. The summed E-state index contributed by atoms with van der Waals surface area (Å²) in [6.45, 7) is 2.56. The number of carbonyl (C=O) groups excluding carboxylic acids is 2. The predicted molar refractivity (Wildman–Crippen MR) is 72.0 cm³/mol. The Kier molecular flexibility index (Phi) is 5.72. The van der Waals surface area contributed by atoms with Gasteiger partial charge >= 0.3 is 6.18 Å². The van der Waals surface area contributed by atoms with Crippen LogP contribution in [-0.2, 0) is 22.3 Å². The summed E-state index contributed by atoms with van der Waals surface area (Å²) in [6, 6.07) is 1.28. The lowest BCUT2D eigenvalue weighted by atomic mass is 10.3. The van der Waals surface area contributed by atoms with E-state index in [0.717, 1.165) is 6.07 Å². The molecule has 2 N–H and O–H groups in total. The van der Waals surface area contributed by atoms with Gasteiger partial charge in [0.25, 0.3) is 5.56 Å². The first-order chi connectivity index (χ1) is 10.1. The van der Waals surface area contributed by atoms with Crippen molar-refractivity contribution in [3.05, 3.63) is 34.2 Å². The molecular formula is C13H16F3N3O3. The number of nitrogens with one attached hydrogen (secondary N) is 2. The van der Waals surface area contributed by atoms with Gasteiger partial charge in [0.2, 0.25) is 11.8 Å². The first-order valence-electron chi connectivity index (χ1n) is 6.43. The molecule has 22 heavy (non-hydrogen) atoms. The first-order valence-corrected chi connectivity index (χ1v) is 6.43. The number of nitrogens with zero attached hydrogens (tertiary/aromatic N) is 1. The highest BCUT2D eigenvalue weighted by atomic mass is 19.4. The van der Waals surface area contributed by atoms with E-state index in [1.54, 1.807) is 13.8 Å². The molecular weight excluding hydrogens is 303 g/mol. The van der Waals surface area contributed by atoms with E-state index in [0.29, 0.717) is 16.8 Å². The number of pyridine rings is 1. The number of carbonyl (C=O) groups is 2. The molecule has 2 amide bonds. The lowest BCUT2D eigenvalue weighted by Crippen LogP contribution is -2.41. The molecule has 0 bridgehead atoms. The molecule has 0 atom stereocenters. The van der Waals surface area contributed by atoms with Gasteiger partial charge in [-0.15, -0.1) is 0 Å². The quantitative estimate of drug-likeness (QED) is 0.830. The number of halogens is 3. The number of alkyl halides is 3. The fourth-order valence-corrected chi connectivity index (χ4v) is 1.59. The molecule has 0 spiro atoms. The Bertz CT molecular complexity index is 609. The molecule has 0 saturated carbocycles. The number of hydrogen-bond acceptors (Lipinski definition) is 3. The van der Waals surface area contributed by atoms with Gasteiger partial charge in [-0.2, -0.15) is 13.2 Å². The standard InChI is InChI=1S/C13H16F3N3O3/c1-8(2)18-10(20)5-17-11(21)7-19-6-9(13(14,15)16)3-4-12(19)22/h3-4,6,8H,5,7H2,1-2H3,(H,17,21)(H,18,20). The Morgan fingerprint density at radius 2 is 1.86 bits per heavy atom. The summed E-state index contributed by atoms with van der Waals surface area (Å²) < 4.78 is 38.3. The highest BCUT2D eigenvalue weighted by Crippen LogP contribution is 2.27. The SMILES string of the molecule is CC(C)NC(=O)CNC(=O)Cn1cc(C(F)(F)F)ccc1=O. The fourth-order valence-electron chi connectivity index (χ4n) is 1.59. The number of rotatable bonds is 5. The van der Waals surface area contributed by atoms with Gasteiger partial charge in [-0.3, -0.25) is 14.4 Å². The van der Waals surface area contributed by atoms with Crippen molar-refractivity contribution in [1.29, 1.82) is 0 Å². The van der Waals surface area contributed by atoms with Gasteiger partial charge in [0, 0.05) is 18.3 Å². The Labute approximate surface area is 124 Å². The monoisotopic (exact) mass is 319 g/mol. The van der Waals surface area contributed by atoms with E-state index in [1.165, 1.54) is 0 Å². The van der Waals surface area contributed by atoms with Crippen LogP contribution in [0.15, 0.2) is 23.1 Å². The third kappa shape index (κ3) is 5.58. The molecule has 0 unspecified atom stereocenters. The fraction of sp³-hybridized carbons (Fsp3) is 0.462. The van der Waals surface area contributed by atoms with Crippen LogP contribution in [0.5, 0.6) is 0 Å². The van der Waals surface area contributed by atoms with E-state index < -0.39 is 35.7 Å². The van der Waals surface area contributed by atoms with Crippen molar-refractivity contribution in [3.8, 4) is 0 Å². The van der Waals surface area contributed by atoms with Crippen molar-refractivity contribution in [3.63, 3.8) is 0 Å². The first kappa shape index (κ1) is 17.7. The van der Waals surface area contributed by atoms with Crippen molar-refractivity contribution in [2.45, 2.75) is 32.6 Å². The van der Waals surface area contributed by atoms with Gasteiger partial charge < -0.3 is 15.2 Å². The molecule has 0 radical (unpaired) electrons. The van der Waals surface area contributed by atoms with E-state index in [-0.39, 0.29) is 12.6 Å². The molecule has 0 aliphatic heterocycles. The van der Waals surface area contributed by atoms with Gasteiger partial charge in [-0.25, -0.2) is 0 Å². The molecule has 0 aliphatic carbocycles.